The fourth-order valence-corrected chi connectivity index (χ4v) is 3.51. The van der Waals surface area contributed by atoms with Crippen molar-refractivity contribution in [3.8, 4) is 16.9 Å². The zero-order valence-corrected chi connectivity index (χ0v) is 19.3. The number of hydrogen-bond acceptors (Lipinski definition) is 4. The molecular formula is C27H23N3O3S. The van der Waals surface area contributed by atoms with Crippen LogP contribution in [-0.2, 0) is 4.79 Å². The van der Waals surface area contributed by atoms with Gasteiger partial charge in [0.05, 0.1) is 0 Å². The van der Waals surface area contributed by atoms with Gasteiger partial charge in [0, 0.05) is 5.56 Å². The van der Waals surface area contributed by atoms with Gasteiger partial charge in [-0.1, -0.05) is 72.8 Å². The average Bonchev–Trinajstić information content (AvgIpc) is 2.87. The predicted octanol–water partition coefficient (Wildman–Crippen LogP) is 4.61. The summed E-state index contributed by atoms with van der Waals surface area (Å²) in [6.07, 6.45) is -0.780. The van der Waals surface area contributed by atoms with Gasteiger partial charge in [-0.15, -0.1) is 0 Å². The van der Waals surface area contributed by atoms with Crippen LogP contribution in [0.3, 0.4) is 0 Å². The lowest BCUT2D eigenvalue weighted by Gasteiger charge is -2.16. The van der Waals surface area contributed by atoms with Crippen molar-refractivity contribution >= 4 is 39.9 Å². The van der Waals surface area contributed by atoms with Gasteiger partial charge in [0.25, 0.3) is 11.8 Å². The quantitative estimate of drug-likeness (QED) is 0.294. The number of benzene rings is 4. The summed E-state index contributed by atoms with van der Waals surface area (Å²) in [5.41, 5.74) is 7.51. The van der Waals surface area contributed by atoms with Gasteiger partial charge >= 0.3 is 0 Å². The van der Waals surface area contributed by atoms with Gasteiger partial charge in [-0.05, 0) is 65.3 Å². The Morgan fingerprint density at radius 2 is 1.41 bits per heavy atom. The monoisotopic (exact) mass is 469 g/mol. The van der Waals surface area contributed by atoms with E-state index >= 15 is 0 Å². The van der Waals surface area contributed by atoms with Crippen LogP contribution in [0.4, 0.5) is 0 Å². The molecular weight excluding hydrogens is 446 g/mol. The van der Waals surface area contributed by atoms with Crippen LogP contribution in [0.1, 0.15) is 17.3 Å². The standard InChI is InChI=1S/C27H23N3O3S/c1-18(33-24-16-15-20-9-5-6-10-23(20)17-24)25(31)29-30-27(34)28-26(32)22-13-11-21(12-14-22)19-7-3-2-4-8-19/h2-18H,1H3,(H,29,31)(H2,28,30,32,34). The third kappa shape index (κ3) is 5.76. The molecule has 2 amide bonds. The maximum atomic E-state index is 12.5. The van der Waals surface area contributed by atoms with Crippen LogP contribution in [0.2, 0.25) is 0 Å². The Balaban J connectivity index is 1.26. The molecule has 0 aromatic heterocycles. The first-order valence-corrected chi connectivity index (χ1v) is 11.1. The summed E-state index contributed by atoms with van der Waals surface area (Å²) in [7, 11) is 0. The summed E-state index contributed by atoms with van der Waals surface area (Å²) in [6, 6.07) is 30.6. The lowest BCUT2D eigenvalue weighted by molar-refractivity contribution is -0.127. The van der Waals surface area contributed by atoms with E-state index in [-0.39, 0.29) is 11.0 Å². The van der Waals surface area contributed by atoms with Gasteiger partial charge in [0.1, 0.15) is 5.75 Å². The molecule has 34 heavy (non-hydrogen) atoms. The van der Waals surface area contributed by atoms with Crippen molar-refractivity contribution in [2.75, 3.05) is 0 Å². The molecule has 170 valence electrons. The predicted molar refractivity (Wildman–Crippen MR) is 137 cm³/mol. The molecule has 0 bridgehead atoms. The minimum atomic E-state index is -0.780. The van der Waals surface area contributed by atoms with Crippen molar-refractivity contribution in [3.63, 3.8) is 0 Å². The molecule has 7 heteroatoms. The van der Waals surface area contributed by atoms with E-state index < -0.39 is 12.0 Å². The molecule has 6 nitrogen and oxygen atoms in total. The molecule has 1 atom stereocenters. The molecule has 0 fully saturated rings. The second-order valence-corrected chi connectivity index (χ2v) is 8.02. The summed E-state index contributed by atoms with van der Waals surface area (Å²) in [6.45, 7) is 1.63. The molecule has 0 heterocycles. The summed E-state index contributed by atoms with van der Waals surface area (Å²) < 4.78 is 5.73. The molecule has 0 aliphatic heterocycles. The third-order valence-electron chi connectivity index (χ3n) is 5.18. The minimum Gasteiger partial charge on any atom is -0.481 e. The van der Waals surface area contributed by atoms with Gasteiger partial charge < -0.3 is 4.74 Å². The lowest BCUT2D eigenvalue weighted by atomic mass is 10.0. The average molecular weight is 470 g/mol. The Morgan fingerprint density at radius 3 is 2.15 bits per heavy atom. The Kier molecular flexibility index (Phi) is 7.15. The maximum absolute atomic E-state index is 12.5. The van der Waals surface area contributed by atoms with Crippen LogP contribution >= 0.6 is 12.2 Å². The first-order valence-electron chi connectivity index (χ1n) is 10.7. The maximum Gasteiger partial charge on any atom is 0.279 e. The number of amides is 2. The fraction of sp³-hybridized carbons (Fsp3) is 0.0741. The Morgan fingerprint density at radius 1 is 0.765 bits per heavy atom. The number of carbonyl (C=O) groups excluding carboxylic acids is 2. The molecule has 4 aromatic rings. The van der Waals surface area contributed by atoms with Crippen LogP contribution in [0.25, 0.3) is 21.9 Å². The van der Waals surface area contributed by atoms with E-state index in [2.05, 4.69) is 16.2 Å². The SMILES string of the molecule is CC(Oc1ccc2ccccc2c1)C(=O)NNC(=S)NC(=O)c1ccc(-c2ccccc2)cc1. The summed E-state index contributed by atoms with van der Waals surface area (Å²) >= 11 is 5.12. The number of carbonyl (C=O) groups is 2. The molecule has 0 aliphatic carbocycles. The van der Waals surface area contributed by atoms with E-state index in [4.69, 9.17) is 17.0 Å². The highest BCUT2D eigenvalue weighted by atomic mass is 32.1. The second kappa shape index (κ2) is 10.6. The normalized spacial score (nSPS) is 11.3. The van der Waals surface area contributed by atoms with Gasteiger partial charge in [-0.25, -0.2) is 0 Å². The number of nitrogens with one attached hydrogen (secondary N) is 3. The topological polar surface area (TPSA) is 79.5 Å². The summed E-state index contributed by atoms with van der Waals surface area (Å²) in [4.78, 5) is 24.8. The minimum absolute atomic E-state index is 0.0246. The van der Waals surface area contributed by atoms with Crippen molar-refractivity contribution in [1.82, 2.24) is 16.2 Å². The Labute approximate surface area is 202 Å². The summed E-state index contributed by atoms with van der Waals surface area (Å²) in [5, 5.41) is 4.63. The molecule has 3 N–H and O–H groups in total. The first kappa shape index (κ1) is 22.9. The highest BCUT2D eigenvalue weighted by Gasteiger charge is 2.16. The molecule has 0 saturated carbocycles. The van der Waals surface area contributed by atoms with Crippen molar-refractivity contribution in [3.05, 3.63) is 103 Å². The third-order valence-corrected chi connectivity index (χ3v) is 5.39. The smallest absolute Gasteiger partial charge is 0.279 e. The van der Waals surface area contributed by atoms with E-state index in [9.17, 15) is 9.59 Å². The second-order valence-electron chi connectivity index (χ2n) is 7.61. The lowest BCUT2D eigenvalue weighted by Crippen LogP contribution is -2.51. The van der Waals surface area contributed by atoms with Gasteiger partial charge in [0.15, 0.2) is 11.2 Å². The highest BCUT2D eigenvalue weighted by molar-refractivity contribution is 7.80. The van der Waals surface area contributed by atoms with Crippen molar-refractivity contribution in [2.24, 2.45) is 0 Å². The van der Waals surface area contributed by atoms with Crippen LogP contribution in [-0.4, -0.2) is 23.0 Å². The number of rotatable bonds is 5. The molecule has 4 rings (SSSR count). The molecule has 1 unspecified atom stereocenters. The van der Waals surface area contributed by atoms with Crippen molar-refractivity contribution in [1.29, 1.82) is 0 Å². The fourth-order valence-electron chi connectivity index (χ4n) is 3.37. The number of hydrazine groups is 1. The van der Waals surface area contributed by atoms with Crippen LogP contribution in [0, 0.1) is 0 Å². The van der Waals surface area contributed by atoms with Crippen LogP contribution < -0.4 is 20.9 Å². The van der Waals surface area contributed by atoms with E-state index in [1.807, 2.05) is 84.9 Å². The Bertz CT molecular complexity index is 1320. The van der Waals surface area contributed by atoms with E-state index in [1.165, 1.54) is 0 Å². The van der Waals surface area contributed by atoms with Crippen molar-refractivity contribution in [2.45, 2.75) is 13.0 Å². The van der Waals surface area contributed by atoms with E-state index in [1.54, 1.807) is 19.1 Å². The van der Waals surface area contributed by atoms with Gasteiger partial charge in [-0.2, -0.15) is 0 Å². The van der Waals surface area contributed by atoms with Gasteiger partial charge in [0.2, 0.25) is 0 Å². The van der Waals surface area contributed by atoms with E-state index in [0.717, 1.165) is 21.9 Å². The van der Waals surface area contributed by atoms with E-state index in [0.29, 0.717) is 11.3 Å². The highest BCUT2D eigenvalue weighted by Crippen LogP contribution is 2.21. The molecule has 0 radical (unpaired) electrons. The zero-order valence-electron chi connectivity index (χ0n) is 18.4. The number of hydrogen-bond donors (Lipinski definition) is 3. The largest absolute Gasteiger partial charge is 0.481 e. The van der Waals surface area contributed by atoms with Crippen LogP contribution in [0.15, 0.2) is 97.1 Å². The number of fused-ring (bicyclic) bond motifs is 1. The molecule has 4 aromatic carbocycles. The number of ether oxygens (including phenoxy) is 1. The van der Waals surface area contributed by atoms with Crippen molar-refractivity contribution < 1.29 is 14.3 Å². The Hall–Kier alpha value is -4.23. The summed E-state index contributed by atoms with van der Waals surface area (Å²) in [5.74, 6) is -0.236. The molecule has 0 aliphatic rings. The zero-order chi connectivity index (χ0) is 23.9. The van der Waals surface area contributed by atoms with Gasteiger partial charge in [-0.3, -0.25) is 25.8 Å². The molecule has 0 saturated heterocycles. The first-order chi connectivity index (χ1) is 16.5. The van der Waals surface area contributed by atoms with Crippen LogP contribution in [0.5, 0.6) is 5.75 Å². The number of thiocarbonyl (C=S) groups is 1. The molecule has 0 spiro atoms.